The molecule has 0 aliphatic heterocycles. The Bertz CT molecular complexity index is 553. The summed E-state index contributed by atoms with van der Waals surface area (Å²) in [5.41, 5.74) is 0.663. The number of carboxylic acids is 1. The maximum atomic E-state index is 11.2. The van der Waals surface area contributed by atoms with E-state index in [1.165, 1.54) is 0 Å². The van der Waals surface area contributed by atoms with Crippen molar-refractivity contribution in [1.29, 1.82) is 0 Å². The van der Waals surface area contributed by atoms with Crippen molar-refractivity contribution in [3.63, 3.8) is 0 Å². The molecular formula is C16H19FeNO4-2. The predicted molar refractivity (Wildman–Crippen MR) is 80.9 cm³/mol. The molecule has 0 heterocycles. The van der Waals surface area contributed by atoms with E-state index in [-0.39, 0.29) is 17.1 Å². The van der Waals surface area contributed by atoms with Gasteiger partial charge in [0.1, 0.15) is 0 Å². The van der Waals surface area contributed by atoms with Gasteiger partial charge in [0, 0.05) is 17.1 Å². The van der Waals surface area contributed by atoms with Crippen molar-refractivity contribution in [2.24, 2.45) is 0 Å². The van der Waals surface area contributed by atoms with Crippen LogP contribution >= 0.6 is 0 Å². The monoisotopic (exact) mass is 345 g/mol. The third-order valence-corrected chi connectivity index (χ3v) is 2.22. The summed E-state index contributed by atoms with van der Waals surface area (Å²) in [5, 5.41) is 10.9. The molecule has 0 bridgehead atoms. The van der Waals surface area contributed by atoms with Gasteiger partial charge in [-0.2, -0.15) is 24.3 Å². The number of carbonyl (C=O) groups excluding carboxylic acids is 1. The molecule has 2 aromatic carbocycles. The molecule has 0 fully saturated rings. The standard InChI is InChI=1S/C10H14NO2.C6H5O2.Fe/c1-10(2,3)13-9(12)11-8-6-4-5-7-8;7-6(8)5-3-1-2-4-5;/h4-7H,1-3H3,(H,11,12);1-4H,(H,7,8);/q2*-1;. The molecule has 2 aromatic rings. The summed E-state index contributed by atoms with van der Waals surface area (Å²) in [4.78, 5) is 21.3. The Morgan fingerprint density at radius 2 is 1.45 bits per heavy atom. The second-order valence-corrected chi connectivity index (χ2v) is 5.28. The quantitative estimate of drug-likeness (QED) is 0.640. The molecule has 0 aromatic heterocycles. The van der Waals surface area contributed by atoms with Crippen molar-refractivity contribution >= 4 is 17.7 Å². The number of carboxylic acid groups (broad SMARTS) is 1. The molecule has 6 heteroatoms. The number of carbonyl (C=O) groups is 2. The average molecular weight is 345 g/mol. The molecule has 2 N–H and O–H groups in total. The van der Waals surface area contributed by atoms with E-state index in [9.17, 15) is 9.59 Å². The van der Waals surface area contributed by atoms with Gasteiger partial charge in [-0.25, -0.2) is 12.1 Å². The van der Waals surface area contributed by atoms with E-state index in [1.54, 1.807) is 24.3 Å². The van der Waals surface area contributed by atoms with Crippen LogP contribution in [0, 0.1) is 0 Å². The van der Waals surface area contributed by atoms with Crippen LogP contribution < -0.4 is 5.32 Å². The fourth-order valence-electron chi connectivity index (χ4n) is 1.40. The normalized spacial score (nSPS) is 9.77. The van der Waals surface area contributed by atoms with Crippen LogP contribution in [-0.2, 0) is 21.8 Å². The number of hydrogen-bond acceptors (Lipinski definition) is 3. The number of amides is 1. The van der Waals surface area contributed by atoms with E-state index in [0.717, 1.165) is 5.69 Å². The van der Waals surface area contributed by atoms with Crippen LogP contribution in [0.4, 0.5) is 10.5 Å². The molecule has 5 nitrogen and oxygen atoms in total. The van der Waals surface area contributed by atoms with Gasteiger partial charge in [-0.05, 0) is 26.5 Å². The van der Waals surface area contributed by atoms with E-state index >= 15 is 0 Å². The second kappa shape index (κ2) is 9.07. The van der Waals surface area contributed by atoms with Crippen molar-refractivity contribution < 1.29 is 36.5 Å². The van der Waals surface area contributed by atoms with Gasteiger partial charge < -0.3 is 15.2 Å². The van der Waals surface area contributed by atoms with Crippen molar-refractivity contribution in [3.8, 4) is 0 Å². The topological polar surface area (TPSA) is 75.6 Å². The summed E-state index contributed by atoms with van der Waals surface area (Å²) in [5.74, 6) is -0.866. The molecule has 0 unspecified atom stereocenters. The summed E-state index contributed by atoms with van der Waals surface area (Å²) in [6.07, 6.45) is -0.418. The fourth-order valence-corrected chi connectivity index (χ4v) is 1.40. The smallest absolute Gasteiger partial charge is 0.333 e. The predicted octanol–water partition coefficient (Wildman–Crippen LogP) is 3.85. The van der Waals surface area contributed by atoms with E-state index in [2.05, 4.69) is 5.32 Å². The van der Waals surface area contributed by atoms with Gasteiger partial charge >= 0.3 is 6.09 Å². The Kier molecular flexibility index (Phi) is 8.23. The molecule has 0 radical (unpaired) electrons. The number of anilines is 1. The van der Waals surface area contributed by atoms with Gasteiger partial charge in [0.25, 0.3) is 5.97 Å². The first-order valence-corrected chi connectivity index (χ1v) is 6.44. The minimum Gasteiger partial charge on any atom is -0.487 e. The van der Waals surface area contributed by atoms with Crippen LogP contribution in [0.5, 0.6) is 0 Å². The van der Waals surface area contributed by atoms with Crippen LogP contribution in [0.2, 0.25) is 0 Å². The molecule has 0 atom stereocenters. The molecule has 1 amide bonds. The zero-order valence-electron chi connectivity index (χ0n) is 12.6. The number of aromatic carboxylic acids is 1. The van der Waals surface area contributed by atoms with Gasteiger partial charge in [-0.3, -0.25) is 9.59 Å². The number of rotatable bonds is 2. The zero-order valence-corrected chi connectivity index (χ0v) is 13.7. The van der Waals surface area contributed by atoms with Crippen LogP contribution in [-0.4, -0.2) is 22.8 Å². The second-order valence-electron chi connectivity index (χ2n) is 5.28. The van der Waals surface area contributed by atoms with Gasteiger partial charge in [0.2, 0.25) is 0 Å². The van der Waals surface area contributed by atoms with Crippen molar-refractivity contribution in [1.82, 2.24) is 0 Å². The van der Waals surface area contributed by atoms with Gasteiger partial charge in [0.15, 0.2) is 0 Å². The van der Waals surface area contributed by atoms with Crippen LogP contribution in [0.15, 0.2) is 48.5 Å². The largest absolute Gasteiger partial charge is 0.487 e. The molecule has 0 aliphatic carbocycles. The SMILES string of the molecule is CC(C)(C)OC(=O)N[c-]1cccc1.O=C(O)[c-]1cccc1.[Fe]. The molecule has 0 spiro atoms. The van der Waals surface area contributed by atoms with Crippen molar-refractivity contribution in [3.05, 3.63) is 54.1 Å². The summed E-state index contributed by atoms with van der Waals surface area (Å²) in [6, 6.07) is 13.8. The van der Waals surface area contributed by atoms with Crippen LogP contribution in [0.3, 0.4) is 0 Å². The fraction of sp³-hybridized carbons (Fsp3) is 0.250. The van der Waals surface area contributed by atoms with Gasteiger partial charge in [-0.1, -0.05) is 5.56 Å². The van der Waals surface area contributed by atoms with Gasteiger partial charge in [0.05, 0.1) is 5.60 Å². The minimum atomic E-state index is -0.866. The number of hydrogen-bond donors (Lipinski definition) is 2. The molecule has 0 aliphatic rings. The third-order valence-electron chi connectivity index (χ3n) is 2.22. The Hall–Kier alpha value is -2.04. The van der Waals surface area contributed by atoms with Crippen LogP contribution in [0.25, 0.3) is 0 Å². The first kappa shape index (κ1) is 20.0. The summed E-state index contributed by atoms with van der Waals surface area (Å²) in [7, 11) is 0. The Balaban J connectivity index is 0.000000423. The maximum Gasteiger partial charge on any atom is 0.333 e. The first-order valence-electron chi connectivity index (χ1n) is 6.44. The summed E-state index contributed by atoms with van der Waals surface area (Å²) < 4.78 is 5.06. The Labute approximate surface area is 140 Å². The third kappa shape index (κ3) is 8.29. The van der Waals surface area contributed by atoms with Gasteiger partial charge in [-0.15, -0.1) is 12.1 Å². The minimum absolute atomic E-state index is 0. The number of ether oxygens (including phenoxy) is 1. The van der Waals surface area contributed by atoms with Crippen LogP contribution in [0.1, 0.15) is 31.1 Å². The Morgan fingerprint density at radius 3 is 1.82 bits per heavy atom. The summed E-state index contributed by atoms with van der Waals surface area (Å²) in [6.45, 7) is 5.49. The van der Waals surface area contributed by atoms with Crippen molar-refractivity contribution in [2.75, 3.05) is 5.32 Å². The van der Waals surface area contributed by atoms with E-state index in [1.807, 2.05) is 45.0 Å². The zero-order chi connectivity index (χ0) is 15.9. The molecule has 0 saturated heterocycles. The average Bonchev–Trinajstić information content (AvgIpc) is 2.98. The molecule has 122 valence electrons. The van der Waals surface area contributed by atoms with Crippen molar-refractivity contribution in [2.45, 2.75) is 26.4 Å². The van der Waals surface area contributed by atoms with E-state index < -0.39 is 17.7 Å². The molecule has 22 heavy (non-hydrogen) atoms. The summed E-state index contributed by atoms with van der Waals surface area (Å²) >= 11 is 0. The number of nitrogens with one attached hydrogen (secondary N) is 1. The maximum absolute atomic E-state index is 11.2. The van der Waals surface area contributed by atoms with E-state index in [0.29, 0.717) is 5.56 Å². The molecule has 0 saturated carbocycles. The molecular weight excluding hydrogens is 326 g/mol. The van der Waals surface area contributed by atoms with E-state index in [4.69, 9.17) is 9.84 Å². The molecule has 2 rings (SSSR count). The Morgan fingerprint density at radius 1 is 1.00 bits per heavy atom. The first-order chi connectivity index (χ1) is 9.78.